The van der Waals surface area contributed by atoms with Crippen molar-refractivity contribution in [3.05, 3.63) is 35.4 Å². The third-order valence-corrected chi connectivity index (χ3v) is 5.24. The molecule has 1 unspecified atom stereocenters. The lowest BCUT2D eigenvalue weighted by atomic mass is 9.66. The average Bonchev–Trinajstić information content (AvgIpc) is 2.74. The maximum absolute atomic E-state index is 12.1. The molecular weight excluding hydrogens is 315 g/mol. The largest absolute Gasteiger partial charge is 0.466 e. The van der Waals surface area contributed by atoms with E-state index < -0.39 is 18.3 Å². The summed E-state index contributed by atoms with van der Waals surface area (Å²) < 4.78 is 17.6. The van der Waals surface area contributed by atoms with Crippen molar-refractivity contribution in [2.24, 2.45) is 0 Å². The molecular formula is C20H31BO4. The van der Waals surface area contributed by atoms with Crippen LogP contribution >= 0.6 is 0 Å². The molecule has 1 saturated heterocycles. The van der Waals surface area contributed by atoms with E-state index in [2.05, 4.69) is 31.2 Å². The van der Waals surface area contributed by atoms with Crippen molar-refractivity contribution in [2.45, 2.75) is 77.8 Å². The number of esters is 1. The summed E-state index contributed by atoms with van der Waals surface area (Å²) in [6.45, 7) is 12.5. The van der Waals surface area contributed by atoms with E-state index in [4.69, 9.17) is 14.0 Å². The highest BCUT2D eigenvalue weighted by molar-refractivity contribution is 6.48. The number of hydrogen-bond acceptors (Lipinski definition) is 4. The van der Waals surface area contributed by atoms with E-state index in [-0.39, 0.29) is 18.2 Å². The van der Waals surface area contributed by atoms with Gasteiger partial charge in [-0.3, -0.25) is 4.79 Å². The first kappa shape index (κ1) is 20.0. The van der Waals surface area contributed by atoms with E-state index >= 15 is 0 Å². The molecule has 2 rings (SSSR count). The van der Waals surface area contributed by atoms with Gasteiger partial charge in [0.05, 0.1) is 24.2 Å². The van der Waals surface area contributed by atoms with Crippen molar-refractivity contribution in [3.63, 3.8) is 0 Å². The second-order valence-electron chi connectivity index (χ2n) is 7.73. The Morgan fingerprint density at radius 2 is 1.64 bits per heavy atom. The van der Waals surface area contributed by atoms with Crippen molar-refractivity contribution in [2.75, 3.05) is 6.61 Å². The number of aryl methyl sites for hydroxylation is 1. The first-order valence-electron chi connectivity index (χ1n) is 9.30. The average molecular weight is 346 g/mol. The van der Waals surface area contributed by atoms with Crippen LogP contribution in [-0.4, -0.2) is 30.9 Å². The van der Waals surface area contributed by atoms with Crippen molar-refractivity contribution in [1.82, 2.24) is 0 Å². The van der Waals surface area contributed by atoms with E-state index in [1.807, 2.05) is 34.6 Å². The minimum atomic E-state index is -0.466. The zero-order chi connectivity index (χ0) is 18.7. The Balaban J connectivity index is 2.26. The number of carbonyl (C=O) groups is 1. The van der Waals surface area contributed by atoms with E-state index in [1.54, 1.807) is 0 Å². The Hall–Kier alpha value is -1.33. The van der Waals surface area contributed by atoms with Crippen molar-refractivity contribution >= 4 is 13.1 Å². The molecule has 1 aliphatic heterocycles. The van der Waals surface area contributed by atoms with Crippen LogP contribution in [0.2, 0.25) is 0 Å². The van der Waals surface area contributed by atoms with Crippen LogP contribution in [0.4, 0.5) is 0 Å². The van der Waals surface area contributed by atoms with Crippen molar-refractivity contribution in [1.29, 1.82) is 0 Å². The zero-order valence-electron chi connectivity index (χ0n) is 16.4. The summed E-state index contributed by atoms with van der Waals surface area (Å²) in [5.41, 5.74) is 1.50. The minimum absolute atomic E-state index is 0.184. The number of rotatable bonds is 7. The molecule has 0 aromatic heterocycles. The predicted octanol–water partition coefficient (Wildman–Crippen LogP) is 4.31. The summed E-state index contributed by atoms with van der Waals surface area (Å²) >= 11 is 0. The highest BCUT2D eigenvalue weighted by Gasteiger charge is 2.54. The van der Waals surface area contributed by atoms with Crippen LogP contribution in [-0.2, 0) is 25.3 Å². The summed E-state index contributed by atoms with van der Waals surface area (Å²) in [6, 6.07) is 8.42. The Morgan fingerprint density at radius 3 is 2.12 bits per heavy atom. The highest BCUT2D eigenvalue weighted by Crippen LogP contribution is 2.41. The molecule has 0 saturated carbocycles. The van der Waals surface area contributed by atoms with Gasteiger partial charge in [0.25, 0.3) is 0 Å². The molecule has 138 valence electrons. The molecule has 0 amide bonds. The summed E-state index contributed by atoms with van der Waals surface area (Å²) in [4.78, 5) is 12.1. The third kappa shape index (κ3) is 4.65. The molecule has 25 heavy (non-hydrogen) atoms. The molecule has 4 nitrogen and oxygen atoms in total. The first-order chi connectivity index (χ1) is 11.7. The van der Waals surface area contributed by atoms with E-state index in [9.17, 15) is 4.79 Å². The van der Waals surface area contributed by atoms with E-state index in [0.29, 0.717) is 6.61 Å². The molecule has 5 heteroatoms. The van der Waals surface area contributed by atoms with Gasteiger partial charge in [-0.05, 0) is 52.2 Å². The molecule has 1 aliphatic rings. The second-order valence-corrected chi connectivity index (χ2v) is 7.73. The lowest BCUT2D eigenvalue weighted by Gasteiger charge is -2.32. The fraction of sp³-hybridized carbons (Fsp3) is 0.650. The van der Waals surface area contributed by atoms with Gasteiger partial charge in [0.15, 0.2) is 0 Å². The zero-order valence-corrected chi connectivity index (χ0v) is 16.4. The number of hydrogen-bond donors (Lipinski definition) is 0. The molecule has 1 aromatic rings. The highest BCUT2D eigenvalue weighted by atomic mass is 16.7. The Morgan fingerprint density at radius 1 is 1.08 bits per heavy atom. The molecule has 1 heterocycles. The second kappa shape index (κ2) is 7.92. The topological polar surface area (TPSA) is 44.8 Å². The van der Waals surface area contributed by atoms with Gasteiger partial charge in [-0.15, -0.1) is 0 Å². The van der Waals surface area contributed by atoms with Crippen LogP contribution in [0, 0.1) is 0 Å². The lowest BCUT2D eigenvalue weighted by Crippen LogP contribution is -2.41. The smallest absolute Gasteiger partial charge is 0.466 e. The fourth-order valence-electron chi connectivity index (χ4n) is 3.04. The Labute approximate surface area is 152 Å². The molecule has 1 aromatic carbocycles. The Kier molecular flexibility index (Phi) is 6.33. The molecule has 0 N–H and O–H groups in total. The predicted molar refractivity (Wildman–Crippen MR) is 101 cm³/mol. The van der Waals surface area contributed by atoms with Crippen LogP contribution in [0.3, 0.4) is 0 Å². The van der Waals surface area contributed by atoms with Gasteiger partial charge in [-0.2, -0.15) is 0 Å². The third-order valence-electron chi connectivity index (χ3n) is 5.24. The normalized spacial score (nSPS) is 19.7. The van der Waals surface area contributed by atoms with Crippen molar-refractivity contribution in [3.8, 4) is 0 Å². The van der Waals surface area contributed by atoms with Crippen LogP contribution in [0.5, 0.6) is 0 Å². The molecule has 0 bridgehead atoms. The molecule has 0 spiro atoms. The van der Waals surface area contributed by atoms with Gasteiger partial charge in [-0.1, -0.05) is 37.6 Å². The van der Waals surface area contributed by atoms with Gasteiger partial charge < -0.3 is 14.0 Å². The molecule has 1 fully saturated rings. The summed E-state index contributed by atoms with van der Waals surface area (Å²) in [6.07, 6.45) is 2.42. The first-order valence-corrected chi connectivity index (χ1v) is 9.30. The SMILES string of the molecule is CCCc1ccc(C(CC(=O)OCC)B2OC(C)(C)C(C)(C)O2)cc1. The quantitative estimate of drug-likeness (QED) is 0.545. The van der Waals surface area contributed by atoms with Gasteiger partial charge in [0, 0.05) is 5.82 Å². The van der Waals surface area contributed by atoms with Crippen LogP contribution < -0.4 is 0 Å². The van der Waals surface area contributed by atoms with E-state index in [1.165, 1.54) is 5.56 Å². The van der Waals surface area contributed by atoms with Gasteiger partial charge >= 0.3 is 13.1 Å². The maximum atomic E-state index is 12.1. The van der Waals surface area contributed by atoms with Gasteiger partial charge in [0.2, 0.25) is 0 Å². The van der Waals surface area contributed by atoms with Crippen molar-refractivity contribution < 1.29 is 18.8 Å². The maximum Gasteiger partial charge on any atom is 0.466 e. The lowest BCUT2D eigenvalue weighted by molar-refractivity contribution is -0.143. The summed E-state index contributed by atoms with van der Waals surface area (Å²) in [7, 11) is -0.466. The Bertz CT molecular complexity index is 564. The molecule has 0 radical (unpaired) electrons. The summed E-state index contributed by atoms with van der Waals surface area (Å²) in [5.74, 6) is -0.407. The number of ether oxygens (including phenoxy) is 1. The van der Waals surface area contributed by atoms with Gasteiger partial charge in [0.1, 0.15) is 0 Å². The fourth-order valence-corrected chi connectivity index (χ4v) is 3.04. The van der Waals surface area contributed by atoms with E-state index in [0.717, 1.165) is 18.4 Å². The standard InChI is InChI=1S/C20H31BO4/c1-7-9-15-10-12-16(13-11-15)17(14-18(22)23-8-2)21-24-19(3,4)20(5,6)25-21/h10-13,17H,7-9,14H2,1-6H3. The van der Waals surface area contributed by atoms with Crippen LogP contribution in [0.15, 0.2) is 24.3 Å². The minimum Gasteiger partial charge on any atom is -0.466 e. The number of benzene rings is 1. The molecule has 0 aliphatic carbocycles. The monoisotopic (exact) mass is 346 g/mol. The van der Waals surface area contributed by atoms with Gasteiger partial charge in [-0.25, -0.2) is 0 Å². The van der Waals surface area contributed by atoms with Crippen LogP contribution in [0.1, 0.15) is 71.3 Å². The molecule has 1 atom stereocenters. The van der Waals surface area contributed by atoms with Crippen LogP contribution in [0.25, 0.3) is 0 Å². The number of carbonyl (C=O) groups excluding carboxylic acids is 1. The summed E-state index contributed by atoms with van der Waals surface area (Å²) in [5, 5.41) is 0.